The first kappa shape index (κ1) is 7.68. The maximum atomic E-state index is 8.54. The van der Waals surface area contributed by atoms with E-state index in [0.29, 0.717) is 0 Å². The Morgan fingerprint density at radius 3 is 1.62 bits per heavy atom. The van der Waals surface area contributed by atoms with Gasteiger partial charge in [-0.25, -0.2) is 0 Å². The van der Waals surface area contributed by atoms with Crippen molar-refractivity contribution in [3.63, 3.8) is 0 Å². The van der Waals surface area contributed by atoms with Crippen LogP contribution in [0.1, 0.15) is 0 Å². The van der Waals surface area contributed by atoms with Crippen molar-refractivity contribution < 1.29 is 6.15 Å². The molecular formula is C4H5NO2Sn. The normalized spacial score (nSPS) is 6.00. The third-order valence-electron chi connectivity index (χ3n) is 0.496. The Balaban J connectivity index is 0.000000145. The van der Waals surface area contributed by atoms with Gasteiger partial charge in [0.05, 0.1) is 0 Å². The van der Waals surface area contributed by atoms with Crippen LogP contribution in [0.15, 0.2) is 24.5 Å². The van der Waals surface area contributed by atoms with E-state index in [0.717, 1.165) is 0 Å². The van der Waals surface area contributed by atoms with Crippen molar-refractivity contribution in [2.45, 2.75) is 0 Å². The monoisotopic (exact) mass is 219 g/mol. The molecule has 0 aliphatic carbocycles. The minimum Gasteiger partial charge on any atom is -0.368 e. The molecule has 1 N–H and O–H groups in total. The van der Waals surface area contributed by atoms with Gasteiger partial charge in [0.15, 0.2) is 0 Å². The fourth-order valence-electron chi connectivity index (χ4n) is 0.278. The fraction of sp³-hybridized carbons (Fsp3) is 0. The van der Waals surface area contributed by atoms with Crippen LogP contribution < -0.4 is 0 Å². The van der Waals surface area contributed by atoms with Crippen molar-refractivity contribution in [3.8, 4) is 0 Å². The topological polar surface area (TPSA) is 49.9 Å². The molecule has 0 aliphatic rings. The van der Waals surface area contributed by atoms with Gasteiger partial charge >= 0.3 is 27.3 Å². The van der Waals surface area contributed by atoms with Crippen molar-refractivity contribution >= 4 is 21.1 Å². The molecule has 0 saturated carbocycles. The number of hydrogen-bond donors (Lipinski definition) is 1. The van der Waals surface area contributed by atoms with E-state index in [2.05, 4.69) is 4.98 Å². The Hall–Kier alpha value is -0.321. The van der Waals surface area contributed by atoms with Crippen LogP contribution in [-0.4, -0.2) is 26.1 Å². The molecule has 0 amide bonds. The zero-order chi connectivity index (χ0) is 6.24. The second-order valence-corrected chi connectivity index (χ2v) is 1.44. The first-order chi connectivity index (χ1) is 3.91. The van der Waals surface area contributed by atoms with Crippen LogP contribution in [0.4, 0.5) is 0 Å². The number of H-pyrrole nitrogens is 1. The van der Waals surface area contributed by atoms with Crippen LogP contribution in [0.25, 0.3) is 0 Å². The zero-order valence-electron chi connectivity index (χ0n) is 4.13. The molecule has 0 atom stereocenters. The summed E-state index contributed by atoms with van der Waals surface area (Å²) >= 11 is -2.27. The Morgan fingerprint density at radius 2 is 1.50 bits per heavy atom. The summed E-state index contributed by atoms with van der Waals surface area (Å²) in [4.78, 5) is 2.86. The average molecular weight is 218 g/mol. The molecule has 1 heterocycles. The van der Waals surface area contributed by atoms with E-state index in [1.165, 1.54) is 0 Å². The number of rotatable bonds is 0. The quantitative estimate of drug-likeness (QED) is 0.640. The van der Waals surface area contributed by atoms with Crippen LogP contribution >= 0.6 is 0 Å². The number of nitrogens with one attached hydrogen (secondary N) is 1. The Kier molecular flexibility index (Phi) is 6.41. The average Bonchev–Trinajstić information content (AvgIpc) is 2.17. The first-order valence-electron chi connectivity index (χ1n) is 1.99. The third-order valence-corrected chi connectivity index (χ3v) is 0.496. The van der Waals surface area contributed by atoms with Gasteiger partial charge in [0.1, 0.15) is 0 Å². The molecule has 3 nitrogen and oxygen atoms in total. The maximum Gasteiger partial charge on any atom is 0.000496 e. The summed E-state index contributed by atoms with van der Waals surface area (Å²) in [6, 6.07) is 3.89. The van der Waals surface area contributed by atoms with E-state index in [4.69, 9.17) is 6.15 Å². The standard InChI is InChI=1S/C4H5N.2O.Sn/c1-2-4-5-3-1;;;/h1-5H;;;. The van der Waals surface area contributed by atoms with E-state index in [9.17, 15) is 0 Å². The van der Waals surface area contributed by atoms with Gasteiger partial charge in [-0.2, -0.15) is 0 Å². The molecule has 0 saturated heterocycles. The molecule has 8 heavy (non-hydrogen) atoms. The van der Waals surface area contributed by atoms with Gasteiger partial charge in [-0.1, -0.05) is 0 Å². The summed E-state index contributed by atoms with van der Waals surface area (Å²) in [5.41, 5.74) is 0. The predicted octanol–water partition coefficient (Wildman–Crippen LogP) is 0.396. The van der Waals surface area contributed by atoms with Gasteiger partial charge in [-0.15, -0.1) is 0 Å². The molecule has 0 bridgehead atoms. The third kappa shape index (κ3) is 5.68. The summed E-state index contributed by atoms with van der Waals surface area (Å²) in [7, 11) is 0. The van der Waals surface area contributed by atoms with E-state index in [-0.39, 0.29) is 0 Å². The van der Waals surface area contributed by atoms with Gasteiger partial charge in [0, 0.05) is 12.4 Å². The number of hydrogen-bond acceptors (Lipinski definition) is 2. The largest absolute Gasteiger partial charge is 0.368 e. The Labute approximate surface area is 57.1 Å². The van der Waals surface area contributed by atoms with Gasteiger partial charge in [-0.3, -0.25) is 0 Å². The van der Waals surface area contributed by atoms with Crippen molar-refractivity contribution in [3.05, 3.63) is 24.5 Å². The maximum absolute atomic E-state index is 8.54. The summed E-state index contributed by atoms with van der Waals surface area (Å²) in [6.07, 6.45) is 3.75. The second kappa shape index (κ2) is 6.68. The fourth-order valence-corrected chi connectivity index (χ4v) is 0.278. The van der Waals surface area contributed by atoms with Gasteiger partial charge in [-0.05, 0) is 12.1 Å². The SMILES string of the molecule is [O]=[Sn]=[O].c1cc[nH]c1. The molecule has 0 radical (unpaired) electrons. The Bertz CT molecular complexity index is 126. The van der Waals surface area contributed by atoms with E-state index in [1.54, 1.807) is 0 Å². The summed E-state index contributed by atoms with van der Waals surface area (Å²) in [5.74, 6) is 0. The van der Waals surface area contributed by atoms with Crippen molar-refractivity contribution in [1.82, 2.24) is 4.98 Å². The summed E-state index contributed by atoms with van der Waals surface area (Å²) in [6.45, 7) is 0. The van der Waals surface area contributed by atoms with Crippen LogP contribution in [0.2, 0.25) is 0 Å². The second-order valence-electron chi connectivity index (χ2n) is 0.968. The van der Waals surface area contributed by atoms with Crippen LogP contribution in [0.5, 0.6) is 0 Å². The molecule has 0 fully saturated rings. The first-order valence-corrected chi connectivity index (χ1v) is 4.32. The molecule has 1 aromatic rings. The minimum atomic E-state index is -2.27. The minimum absolute atomic E-state index is 1.88. The smallest absolute Gasteiger partial charge is 0.000496 e. The van der Waals surface area contributed by atoms with E-state index in [1.807, 2.05) is 24.5 Å². The summed E-state index contributed by atoms with van der Waals surface area (Å²) < 4.78 is 17.1. The molecular weight excluding hydrogens is 213 g/mol. The van der Waals surface area contributed by atoms with Gasteiger partial charge in [0.25, 0.3) is 0 Å². The van der Waals surface area contributed by atoms with Crippen molar-refractivity contribution in [2.24, 2.45) is 0 Å². The van der Waals surface area contributed by atoms with Crippen LogP contribution in [0.3, 0.4) is 0 Å². The molecule has 0 unspecified atom stereocenters. The number of aromatic amines is 1. The molecule has 4 heteroatoms. The van der Waals surface area contributed by atoms with Crippen LogP contribution in [-0.2, 0) is 6.15 Å². The van der Waals surface area contributed by atoms with E-state index >= 15 is 0 Å². The Morgan fingerprint density at radius 1 is 1.12 bits per heavy atom. The number of aromatic nitrogens is 1. The van der Waals surface area contributed by atoms with Crippen molar-refractivity contribution in [2.75, 3.05) is 0 Å². The molecule has 42 valence electrons. The molecule has 0 aromatic carbocycles. The van der Waals surface area contributed by atoms with E-state index < -0.39 is 21.1 Å². The molecule has 1 rings (SSSR count). The molecule has 0 aliphatic heterocycles. The van der Waals surface area contributed by atoms with Crippen LogP contribution in [0, 0.1) is 0 Å². The summed E-state index contributed by atoms with van der Waals surface area (Å²) in [5, 5.41) is 0. The van der Waals surface area contributed by atoms with Crippen molar-refractivity contribution in [1.29, 1.82) is 0 Å². The predicted molar refractivity (Wildman–Crippen MR) is 27.9 cm³/mol. The molecule has 0 spiro atoms. The zero-order valence-corrected chi connectivity index (χ0v) is 6.98. The van der Waals surface area contributed by atoms with Gasteiger partial charge < -0.3 is 4.98 Å². The molecule has 1 aromatic heterocycles. The van der Waals surface area contributed by atoms with Gasteiger partial charge in [0.2, 0.25) is 0 Å².